The average molecular weight is 923 g/mol. The van der Waals surface area contributed by atoms with E-state index in [4.69, 9.17) is 18.9 Å². The lowest BCUT2D eigenvalue weighted by atomic mass is 9.68. The summed E-state index contributed by atoms with van der Waals surface area (Å²) in [7, 11) is 0. The van der Waals surface area contributed by atoms with Crippen molar-refractivity contribution in [2.45, 2.75) is 105 Å². The summed E-state index contributed by atoms with van der Waals surface area (Å²) in [5.74, 6) is 3.55. The number of rotatable bonds is 16. The largest absolute Gasteiger partial charge is 0.489 e. The predicted octanol–water partition coefficient (Wildman–Crippen LogP) is 16.4. The number of hydrogen-bond acceptors (Lipinski definition) is 4. The smallest absolute Gasteiger partial charge is 0.128 e. The van der Waals surface area contributed by atoms with Gasteiger partial charge in [0.2, 0.25) is 0 Å². The summed E-state index contributed by atoms with van der Waals surface area (Å²) in [5, 5.41) is 0. The van der Waals surface area contributed by atoms with E-state index in [1.807, 2.05) is 6.08 Å². The van der Waals surface area contributed by atoms with E-state index in [2.05, 4.69) is 240 Å². The lowest BCUT2D eigenvalue weighted by Crippen LogP contribution is -2.32. The normalized spacial score (nSPS) is 12.8. The van der Waals surface area contributed by atoms with Crippen LogP contribution >= 0.6 is 0 Å². The first-order valence-corrected chi connectivity index (χ1v) is 24.6. The Kier molecular flexibility index (Phi) is 13.1. The molecule has 0 amide bonds. The highest BCUT2D eigenvalue weighted by atomic mass is 16.5. The molecule has 0 aliphatic heterocycles. The molecule has 0 spiro atoms. The molecule has 1 aliphatic carbocycles. The Labute approximate surface area is 416 Å². The Hall–Kier alpha value is -7.30. The van der Waals surface area contributed by atoms with Gasteiger partial charge in [-0.25, -0.2) is 0 Å². The number of fused-ring (bicyclic) bond motifs is 3. The fraction of sp³-hybridized carbons (Fsp3) is 0.242. The molecule has 0 aromatic heterocycles. The Morgan fingerprint density at radius 2 is 0.929 bits per heavy atom. The molecule has 8 aromatic carbocycles. The van der Waals surface area contributed by atoms with Crippen molar-refractivity contribution in [2.24, 2.45) is 0 Å². The quantitative estimate of drug-likeness (QED) is 0.0968. The average Bonchev–Trinajstić information content (AvgIpc) is 3.66. The highest BCUT2D eigenvalue weighted by Crippen LogP contribution is 2.56. The lowest BCUT2D eigenvalue weighted by Gasteiger charge is -2.34. The first-order valence-electron chi connectivity index (χ1n) is 24.6. The highest BCUT2D eigenvalue weighted by molar-refractivity contribution is 5.86. The van der Waals surface area contributed by atoms with Crippen molar-refractivity contribution in [1.82, 2.24) is 0 Å². The van der Waals surface area contributed by atoms with Gasteiger partial charge in [-0.1, -0.05) is 140 Å². The van der Waals surface area contributed by atoms with Gasteiger partial charge in [0.1, 0.15) is 47.4 Å². The Balaban J connectivity index is 0.874. The van der Waals surface area contributed by atoms with Gasteiger partial charge in [0.05, 0.1) is 5.41 Å². The third kappa shape index (κ3) is 9.40. The summed E-state index contributed by atoms with van der Waals surface area (Å²) in [6.07, 6.45) is 2.61. The van der Waals surface area contributed by atoms with Crippen LogP contribution in [0.3, 0.4) is 0 Å². The maximum atomic E-state index is 6.84. The van der Waals surface area contributed by atoms with Crippen LogP contribution in [-0.2, 0) is 30.7 Å². The van der Waals surface area contributed by atoms with Gasteiger partial charge in [0.15, 0.2) is 0 Å². The van der Waals surface area contributed by atoms with E-state index in [1.165, 1.54) is 55.6 Å². The third-order valence-corrected chi connectivity index (χ3v) is 14.4. The first kappa shape index (κ1) is 47.8. The van der Waals surface area contributed by atoms with Gasteiger partial charge in [-0.15, -0.1) is 0 Å². The molecule has 0 saturated heterocycles. The molecule has 0 unspecified atom stereocenters. The van der Waals surface area contributed by atoms with E-state index in [9.17, 15) is 0 Å². The molecular weight excluding hydrogens is 857 g/mol. The van der Waals surface area contributed by atoms with E-state index < -0.39 is 16.6 Å². The van der Waals surface area contributed by atoms with E-state index in [0.29, 0.717) is 13.2 Å². The minimum atomic E-state index is -0.529. The van der Waals surface area contributed by atoms with Crippen molar-refractivity contribution in [2.75, 3.05) is 0 Å². The number of ether oxygens (including phenoxy) is 4. The summed E-state index contributed by atoms with van der Waals surface area (Å²) in [4.78, 5) is 0. The van der Waals surface area contributed by atoms with Crippen LogP contribution < -0.4 is 18.9 Å². The van der Waals surface area contributed by atoms with Gasteiger partial charge in [-0.05, 0) is 200 Å². The summed E-state index contributed by atoms with van der Waals surface area (Å²) in [6, 6.07) is 58.7. The summed E-state index contributed by atoms with van der Waals surface area (Å²) < 4.78 is 26.4. The molecular formula is C66H66O4. The number of aryl methyl sites for hydroxylation is 4. The third-order valence-electron chi connectivity index (χ3n) is 14.4. The monoisotopic (exact) mass is 922 g/mol. The van der Waals surface area contributed by atoms with E-state index in [0.717, 1.165) is 68.4 Å². The minimum absolute atomic E-state index is 0.442. The molecule has 0 N–H and O–H groups in total. The van der Waals surface area contributed by atoms with Crippen molar-refractivity contribution in [3.8, 4) is 34.1 Å². The van der Waals surface area contributed by atoms with E-state index >= 15 is 0 Å². The van der Waals surface area contributed by atoms with Crippen LogP contribution in [0.25, 0.3) is 17.2 Å². The van der Waals surface area contributed by atoms with Crippen molar-refractivity contribution in [3.05, 3.63) is 254 Å². The second-order valence-electron chi connectivity index (χ2n) is 20.4. The van der Waals surface area contributed by atoms with Gasteiger partial charge in [-0.3, -0.25) is 0 Å². The second-order valence-corrected chi connectivity index (χ2v) is 20.4. The van der Waals surface area contributed by atoms with Crippen molar-refractivity contribution >= 4 is 6.08 Å². The Morgan fingerprint density at radius 1 is 0.471 bits per heavy atom. The molecule has 9 rings (SSSR count). The molecule has 0 saturated carbocycles. The Bertz CT molecular complexity index is 3100. The maximum absolute atomic E-state index is 6.84. The van der Waals surface area contributed by atoms with Crippen molar-refractivity contribution < 1.29 is 18.9 Å². The molecule has 0 heterocycles. The molecule has 4 nitrogen and oxygen atoms in total. The van der Waals surface area contributed by atoms with Crippen LogP contribution in [-0.4, -0.2) is 5.60 Å². The fourth-order valence-electron chi connectivity index (χ4n) is 10.5. The van der Waals surface area contributed by atoms with Crippen LogP contribution in [0.1, 0.15) is 111 Å². The zero-order valence-electron chi connectivity index (χ0n) is 42.6. The van der Waals surface area contributed by atoms with E-state index in [-0.39, 0.29) is 0 Å². The van der Waals surface area contributed by atoms with Crippen LogP contribution in [0.4, 0.5) is 0 Å². The van der Waals surface area contributed by atoms with E-state index in [1.54, 1.807) is 0 Å². The van der Waals surface area contributed by atoms with Gasteiger partial charge >= 0.3 is 0 Å². The molecule has 0 bridgehead atoms. The van der Waals surface area contributed by atoms with Gasteiger partial charge in [0.25, 0.3) is 0 Å². The first-order chi connectivity index (χ1) is 33.6. The standard InChI is InChI=1S/C66H66O4/c1-12-49-21-25-51(26-22-49)41-67-56-33-29-53(30-34-56)66(60-19-15-13-17-58(60)59-18-14-16-20-61(59)66)54-31-35-57(36-32-54)68-42-52-27-23-50(24-28-52)40-64(8,9)69-62-45(4)38-55(39-46(62)5)65(10,11)70-63-44(3)37-43(2)47(6)48(63)7/h12-39H,1,40-42H2,2-11H3. The zero-order chi connectivity index (χ0) is 49.4. The number of benzene rings is 8. The molecule has 4 heteroatoms. The van der Waals surface area contributed by atoms with Crippen LogP contribution in [0.15, 0.2) is 170 Å². The molecule has 1 aliphatic rings. The molecule has 8 aromatic rings. The second kappa shape index (κ2) is 19.2. The lowest BCUT2D eigenvalue weighted by molar-refractivity contribution is 0.103. The minimum Gasteiger partial charge on any atom is -0.489 e. The molecule has 0 atom stereocenters. The molecule has 0 fully saturated rings. The molecule has 0 radical (unpaired) electrons. The SMILES string of the molecule is C=Cc1ccc(COc2ccc(C3(c4ccc(OCc5ccc(CC(C)(C)Oc6c(C)cc(C(C)(C)Oc7c(C)cc(C)c(C)c7C)cc6C)cc5)cc4)c4ccccc4-c4ccccc43)cc2)cc1. The summed E-state index contributed by atoms with van der Waals surface area (Å²) in [6.45, 7) is 26.4. The maximum Gasteiger partial charge on any atom is 0.128 e. The fourth-order valence-corrected chi connectivity index (χ4v) is 10.5. The van der Waals surface area contributed by atoms with Crippen LogP contribution in [0.5, 0.6) is 23.0 Å². The van der Waals surface area contributed by atoms with Gasteiger partial charge in [-0.2, -0.15) is 0 Å². The zero-order valence-corrected chi connectivity index (χ0v) is 42.6. The topological polar surface area (TPSA) is 36.9 Å². The molecule has 70 heavy (non-hydrogen) atoms. The molecule has 354 valence electrons. The number of hydrogen-bond donors (Lipinski definition) is 0. The predicted molar refractivity (Wildman–Crippen MR) is 289 cm³/mol. The van der Waals surface area contributed by atoms with Crippen molar-refractivity contribution in [1.29, 1.82) is 0 Å². The van der Waals surface area contributed by atoms with Crippen LogP contribution in [0, 0.1) is 41.5 Å². The van der Waals surface area contributed by atoms with Crippen LogP contribution in [0.2, 0.25) is 0 Å². The van der Waals surface area contributed by atoms with Gasteiger partial charge in [0, 0.05) is 6.42 Å². The Morgan fingerprint density at radius 3 is 1.43 bits per heavy atom. The van der Waals surface area contributed by atoms with Crippen molar-refractivity contribution in [3.63, 3.8) is 0 Å². The summed E-state index contributed by atoms with van der Waals surface area (Å²) in [5.41, 5.74) is 18.7. The summed E-state index contributed by atoms with van der Waals surface area (Å²) >= 11 is 0. The van der Waals surface area contributed by atoms with Gasteiger partial charge < -0.3 is 18.9 Å². The highest BCUT2D eigenvalue weighted by Gasteiger charge is 2.46.